The molecule has 1 saturated heterocycles. The van der Waals surface area contributed by atoms with Crippen LogP contribution < -0.4 is 5.73 Å². The molecule has 3 amide bonds. The van der Waals surface area contributed by atoms with Gasteiger partial charge in [0.15, 0.2) is 0 Å². The third kappa shape index (κ3) is 3.23. The van der Waals surface area contributed by atoms with Crippen molar-refractivity contribution >= 4 is 11.9 Å². The first-order valence-corrected chi connectivity index (χ1v) is 7.50. The van der Waals surface area contributed by atoms with Crippen molar-refractivity contribution in [3.8, 4) is 0 Å². The Bertz CT molecular complexity index is 375. The molecule has 3 unspecified atom stereocenters. The molecule has 3 atom stereocenters. The van der Waals surface area contributed by atoms with Crippen LogP contribution in [-0.2, 0) is 4.79 Å². The van der Waals surface area contributed by atoms with Crippen LogP contribution in [0.25, 0.3) is 0 Å². The summed E-state index contributed by atoms with van der Waals surface area (Å²) in [6, 6.07) is -0.539. The van der Waals surface area contributed by atoms with Gasteiger partial charge >= 0.3 is 6.03 Å². The lowest BCUT2D eigenvalue weighted by molar-refractivity contribution is -0.141. The Labute approximate surface area is 119 Å². The summed E-state index contributed by atoms with van der Waals surface area (Å²) >= 11 is 0. The van der Waals surface area contributed by atoms with Crippen LogP contribution in [0.3, 0.4) is 0 Å². The summed E-state index contributed by atoms with van der Waals surface area (Å²) in [6.07, 6.45) is 4.87. The van der Waals surface area contributed by atoms with Crippen molar-refractivity contribution in [2.75, 3.05) is 20.1 Å². The molecule has 2 fully saturated rings. The topological polar surface area (TPSA) is 86.9 Å². The van der Waals surface area contributed by atoms with Crippen LogP contribution >= 0.6 is 0 Å². The summed E-state index contributed by atoms with van der Waals surface area (Å²) in [5.74, 6) is -0.155. The van der Waals surface area contributed by atoms with Gasteiger partial charge in [-0.1, -0.05) is 12.8 Å². The fraction of sp³-hybridized carbons (Fsp3) is 0.857. The fourth-order valence-electron chi connectivity index (χ4n) is 3.37. The van der Waals surface area contributed by atoms with E-state index in [1.807, 2.05) is 0 Å². The summed E-state index contributed by atoms with van der Waals surface area (Å²) < 4.78 is 0. The maximum atomic E-state index is 12.5. The summed E-state index contributed by atoms with van der Waals surface area (Å²) in [5.41, 5.74) is 5.29. The molecule has 0 bridgehead atoms. The first kappa shape index (κ1) is 15.1. The Morgan fingerprint density at radius 1 is 1.20 bits per heavy atom. The van der Waals surface area contributed by atoms with E-state index in [-0.39, 0.29) is 17.9 Å². The standard InChI is InChI=1S/C14H25N3O3/c1-16(11-6-2-3-7-12(11)18)13(19)10-5-4-8-17(9-10)14(15)20/h10-12,18H,2-9H2,1H3,(H2,15,20). The zero-order chi connectivity index (χ0) is 14.7. The summed E-state index contributed by atoms with van der Waals surface area (Å²) in [7, 11) is 1.77. The average Bonchev–Trinajstić information content (AvgIpc) is 2.46. The number of likely N-dealkylation sites (N-methyl/N-ethyl adjacent to an activating group) is 1. The lowest BCUT2D eigenvalue weighted by Gasteiger charge is -2.39. The van der Waals surface area contributed by atoms with Crippen molar-refractivity contribution in [2.24, 2.45) is 11.7 Å². The number of amides is 3. The molecular formula is C14H25N3O3. The van der Waals surface area contributed by atoms with E-state index < -0.39 is 12.1 Å². The van der Waals surface area contributed by atoms with Gasteiger partial charge < -0.3 is 20.6 Å². The second-order valence-corrected chi connectivity index (χ2v) is 5.99. The number of nitrogens with two attached hydrogens (primary N) is 1. The predicted molar refractivity (Wildman–Crippen MR) is 74.9 cm³/mol. The molecule has 6 nitrogen and oxygen atoms in total. The third-order valence-corrected chi connectivity index (χ3v) is 4.62. The van der Waals surface area contributed by atoms with Gasteiger partial charge in [-0.05, 0) is 25.7 Å². The van der Waals surface area contributed by atoms with Crippen molar-refractivity contribution in [1.29, 1.82) is 0 Å². The summed E-state index contributed by atoms with van der Waals surface area (Å²) in [5, 5.41) is 10.0. The van der Waals surface area contributed by atoms with Gasteiger partial charge in [0.05, 0.1) is 18.1 Å². The van der Waals surface area contributed by atoms with E-state index in [1.165, 1.54) is 4.90 Å². The quantitative estimate of drug-likeness (QED) is 0.775. The highest BCUT2D eigenvalue weighted by atomic mass is 16.3. The number of carbonyl (C=O) groups excluding carboxylic acids is 2. The number of rotatable bonds is 2. The summed E-state index contributed by atoms with van der Waals surface area (Å²) in [6.45, 7) is 1.04. The van der Waals surface area contributed by atoms with Crippen molar-refractivity contribution in [1.82, 2.24) is 9.80 Å². The van der Waals surface area contributed by atoms with E-state index in [0.717, 1.165) is 38.5 Å². The highest BCUT2D eigenvalue weighted by Gasteiger charge is 2.35. The highest BCUT2D eigenvalue weighted by Crippen LogP contribution is 2.25. The zero-order valence-corrected chi connectivity index (χ0v) is 12.1. The van der Waals surface area contributed by atoms with Gasteiger partial charge in [-0.3, -0.25) is 4.79 Å². The normalized spacial score (nSPS) is 30.9. The molecule has 2 rings (SSSR count). The van der Waals surface area contributed by atoms with Crippen LogP contribution in [0.15, 0.2) is 0 Å². The van der Waals surface area contributed by atoms with E-state index in [1.54, 1.807) is 11.9 Å². The van der Waals surface area contributed by atoms with Crippen molar-refractivity contribution in [3.05, 3.63) is 0 Å². The third-order valence-electron chi connectivity index (χ3n) is 4.62. The molecule has 114 valence electrons. The number of carbonyl (C=O) groups is 2. The molecule has 6 heteroatoms. The number of primary amides is 1. The molecule has 0 aromatic rings. The van der Waals surface area contributed by atoms with E-state index >= 15 is 0 Å². The molecule has 0 aromatic carbocycles. The number of likely N-dealkylation sites (tertiary alicyclic amines) is 1. The van der Waals surface area contributed by atoms with E-state index in [2.05, 4.69) is 0 Å². The Morgan fingerprint density at radius 2 is 1.90 bits per heavy atom. The molecule has 3 N–H and O–H groups in total. The van der Waals surface area contributed by atoms with Gasteiger partial charge in [0.1, 0.15) is 0 Å². The van der Waals surface area contributed by atoms with Crippen LogP contribution in [0, 0.1) is 5.92 Å². The van der Waals surface area contributed by atoms with Gasteiger partial charge in [0.2, 0.25) is 5.91 Å². The molecule has 0 radical (unpaired) electrons. The van der Waals surface area contributed by atoms with E-state index in [9.17, 15) is 14.7 Å². The minimum Gasteiger partial charge on any atom is -0.391 e. The Hall–Kier alpha value is -1.30. The minimum absolute atomic E-state index is 0.0295. The maximum Gasteiger partial charge on any atom is 0.314 e. The Kier molecular flexibility index (Phi) is 4.86. The average molecular weight is 283 g/mol. The lowest BCUT2D eigenvalue weighted by atomic mass is 9.89. The molecule has 2 aliphatic rings. The summed E-state index contributed by atoms with van der Waals surface area (Å²) in [4.78, 5) is 27.0. The number of hydrogen-bond donors (Lipinski definition) is 2. The second kappa shape index (κ2) is 6.43. The molecule has 1 aliphatic carbocycles. The van der Waals surface area contributed by atoms with Crippen molar-refractivity contribution in [2.45, 2.75) is 50.7 Å². The molecular weight excluding hydrogens is 258 g/mol. The van der Waals surface area contributed by atoms with Gasteiger partial charge in [-0.15, -0.1) is 0 Å². The van der Waals surface area contributed by atoms with Gasteiger partial charge in [0.25, 0.3) is 0 Å². The molecule has 1 saturated carbocycles. The predicted octanol–water partition coefficient (Wildman–Crippen LogP) is 0.539. The zero-order valence-electron chi connectivity index (χ0n) is 12.1. The van der Waals surface area contributed by atoms with Crippen LogP contribution in [0.2, 0.25) is 0 Å². The SMILES string of the molecule is CN(C(=O)C1CCCN(C(N)=O)C1)C1CCCCC1O. The fourth-order valence-corrected chi connectivity index (χ4v) is 3.37. The minimum atomic E-state index is -0.456. The second-order valence-electron chi connectivity index (χ2n) is 5.99. The van der Waals surface area contributed by atoms with Crippen molar-refractivity contribution < 1.29 is 14.7 Å². The van der Waals surface area contributed by atoms with Gasteiger partial charge in [-0.25, -0.2) is 4.79 Å². The smallest absolute Gasteiger partial charge is 0.314 e. The van der Waals surface area contributed by atoms with Gasteiger partial charge in [0, 0.05) is 20.1 Å². The molecule has 0 aromatic heterocycles. The van der Waals surface area contributed by atoms with Crippen LogP contribution in [0.1, 0.15) is 38.5 Å². The number of aliphatic hydroxyl groups excluding tert-OH is 1. The Morgan fingerprint density at radius 3 is 2.55 bits per heavy atom. The van der Waals surface area contributed by atoms with Gasteiger partial charge in [-0.2, -0.15) is 0 Å². The number of hydrogen-bond acceptors (Lipinski definition) is 3. The number of piperidine rings is 1. The monoisotopic (exact) mass is 283 g/mol. The molecule has 1 heterocycles. The number of aliphatic hydroxyl groups is 1. The highest BCUT2D eigenvalue weighted by molar-refractivity contribution is 5.80. The molecule has 1 aliphatic heterocycles. The lowest BCUT2D eigenvalue weighted by Crippen LogP contribution is -2.52. The van der Waals surface area contributed by atoms with Crippen LogP contribution in [0.4, 0.5) is 4.79 Å². The maximum absolute atomic E-state index is 12.5. The van der Waals surface area contributed by atoms with Crippen molar-refractivity contribution in [3.63, 3.8) is 0 Å². The first-order valence-electron chi connectivity index (χ1n) is 7.50. The first-order chi connectivity index (χ1) is 9.50. The largest absolute Gasteiger partial charge is 0.391 e. The number of nitrogens with zero attached hydrogens (tertiary/aromatic N) is 2. The van der Waals surface area contributed by atoms with Crippen LogP contribution in [-0.4, -0.2) is 59.1 Å². The Balaban J connectivity index is 1.97. The van der Waals surface area contributed by atoms with Crippen LogP contribution in [0.5, 0.6) is 0 Å². The molecule has 0 spiro atoms. The van der Waals surface area contributed by atoms with E-state index in [4.69, 9.17) is 5.73 Å². The van der Waals surface area contributed by atoms with E-state index in [0.29, 0.717) is 13.1 Å². The molecule has 20 heavy (non-hydrogen) atoms. The number of urea groups is 1.